The highest BCUT2D eigenvalue weighted by atomic mass is 35.5. The van der Waals surface area contributed by atoms with Crippen LogP contribution in [0.15, 0.2) is 158 Å². The lowest BCUT2D eigenvalue weighted by Crippen LogP contribution is -2.04. The maximum atomic E-state index is 6.16. The molecule has 12 rings (SSSR count). The summed E-state index contributed by atoms with van der Waals surface area (Å²) in [6, 6.07) is 39.7. The molecule has 0 aliphatic carbocycles. The lowest BCUT2D eigenvalue weighted by atomic mass is 10.2. The Morgan fingerprint density at radius 3 is 1.20 bits per heavy atom. The first-order valence-corrected chi connectivity index (χ1v) is 28.8. The van der Waals surface area contributed by atoms with Crippen molar-refractivity contribution < 1.29 is 33.2 Å². The average molecular weight is 1320 g/mol. The SMILES string of the molecule is CCOc1cc(Nc2nc(N)n(-c3ccccn3)n2)ccc1OC.COc1cc(Cl)c(C)cc1Nc1nc(N)n(-c2ccccn2)n1.COc1cc(OC)c(Nc2nc(N)n(-c3ccccn3)n2)cc1Cl.COc1cccc(Nc2nc(N)n(-c3ccccn3)n2)c1OC. The smallest absolute Gasteiger partial charge is 0.249 e. The zero-order valence-corrected chi connectivity index (χ0v) is 53.3. The third-order valence-corrected chi connectivity index (χ3v) is 13.5. The summed E-state index contributed by atoms with van der Waals surface area (Å²) in [6.07, 6.45) is 6.64. The van der Waals surface area contributed by atoms with Gasteiger partial charge in [0.1, 0.15) is 17.2 Å². The minimum atomic E-state index is 0.203. The molecular formula is C61H64Cl2N24O7. The third-order valence-electron chi connectivity index (χ3n) is 12.8. The Labute approximate surface area is 548 Å². The van der Waals surface area contributed by atoms with Crippen LogP contribution in [0.3, 0.4) is 0 Å². The predicted octanol–water partition coefficient (Wildman–Crippen LogP) is 10.0. The van der Waals surface area contributed by atoms with Crippen LogP contribution in [0.5, 0.6) is 40.2 Å². The molecule has 0 aliphatic heterocycles. The van der Waals surface area contributed by atoms with Crippen LogP contribution in [0.25, 0.3) is 23.3 Å². The Hall–Kier alpha value is -12.4. The number of hydrogen-bond donors (Lipinski definition) is 8. The number of benzene rings is 4. The first kappa shape index (κ1) is 66.0. The van der Waals surface area contributed by atoms with Crippen LogP contribution >= 0.6 is 23.2 Å². The number of anilines is 12. The van der Waals surface area contributed by atoms with Crippen molar-refractivity contribution in [3.63, 3.8) is 0 Å². The Balaban J connectivity index is 0.000000148. The van der Waals surface area contributed by atoms with E-state index in [4.69, 9.17) is 79.3 Å². The maximum absolute atomic E-state index is 6.16. The summed E-state index contributed by atoms with van der Waals surface area (Å²) in [5, 5.41) is 30.6. The summed E-state index contributed by atoms with van der Waals surface area (Å²) >= 11 is 12.3. The van der Waals surface area contributed by atoms with E-state index in [0.29, 0.717) is 115 Å². The molecular weight excluding hydrogens is 1250 g/mol. The predicted molar refractivity (Wildman–Crippen MR) is 358 cm³/mol. The summed E-state index contributed by atoms with van der Waals surface area (Å²) in [7, 11) is 9.39. The van der Waals surface area contributed by atoms with Gasteiger partial charge in [-0.3, -0.25) is 0 Å². The molecule has 0 atom stereocenters. The standard InChI is InChI=1S/C16H18N6O2.C15H15ClN6O2.C15H15ClN6O.C15H16N6O2/c1-3-24-13-10-11(7-8-12(13)23-2)19-16-20-15(17)22(21-16)14-6-4-5-9-18-14;1-23-11-8-12(24-2)10(7-9(11)16)19-15-20-14(17)22(21-15)13-5-3-4-6-18-13;1-9-7-11(12(23-2)8-10(9)16)19-15-20-14(17)22(21-15)13-5-3-4-6-18-13;1-22-11-7-5-6-10(13(11)23-2)18-15-19-14(16)21(20-15)12-8-3-4-9-17-12/h4-10H,3H2,1-2H3,(H3,17,19,20,21);3-8H,1-2H3,(H3,17,19,20,21);3-8H,1-2H3,(H3,17,19,20,21);3-9H,1-2H3,(H3,16,18,19,20). The van der Waals surface area contributed by atoms with Crippen molar-refractivity contribution >= 4 is 93.5 Å². The van der Waals surface area contributed by atoms with E-state index in [-0.39, 0.29) is 29.7 Å². The average Bonchev–Trinajstić information content (AvgIpc) is 1.70. The van der Waals surface area contributed by atoms with Crippen LogP contribution in [0.2, 0.25) is 10.0 Å². The minimum absolute atomic E-state index is 0.203. The molecule has 0 saturated carbocycles. The molecule has 0 saturated heterocycles. The lowest BCUT2D eigenvalue weighted by Gasteiger charge is -2.12. The van der Waals surface area contributed by atoms with Gasteiger partial charge in [0.25, 0.3) is 0 Å². The number of pyridine rings is 4. The van der Waals surface area contributed by atoms with Gasteiger partial charge in [-0.2, -0.15) is 38.7 Å². The second kappa shape index (κ2) is 31.4. The van der Waals surface area contributed by atoms with Gasteiger partial charge in [-0.15, -0.1) is 20.4 Å². The number of rotatable bonds is 20. The van der Waals surface area contributed by atoms with E-state index < -0.39 is 0 Å². The van der Waals surface area contributed by atoms with Crippen molar-refractivity contribution in [2.45, 2.75) is 13.8 Å². The number of nitrogens with two attached hydrogens (primary N) is 4. The molecule has 0 unspecified atom stereocenters. The Kier molecular flexibility index (Phi) is 22.0. The van der Waals surface area contributed by atoms with Crippen molar-refractivity contribution in [2.75, 3.05) is 93.5 Å². The maximum Gasteiger partial charge on any atom is 0.249 e. The second-order valence-electron chi connectivity index (χ2n) is 18.9. The van der Waals surface area contributed by atoms with Crippen LogP contribution in [-0.4, -0.2) is 128 Å². The number of aryl methyl sites for hydroxylation is 1. The number of nitrogens with zero attached hydrogens (tertiary/aromatic N) is 16. The first-order chi connectivity index (χ1) is 45.6. The molecule has 0 radical (unpaired) electrons. The fourth-order valence-electron chi connectivity index (χ4n) is 8.49. The quantitative estimate of drug-likeness (QED) is 0.0351. The van der Waals surface area contributed by atoms with Gasteiger partial charge in [-0.05, 0) is 104 Å². The van der Waals surface area contributed by atoms with Crippen molar-refractivity contribution in [3.05, 3.63) is 174 Å². The summed E-state index contributed by atoms with van der Waals surface area (Å²) in [6.45, 7) is 4.36. The number of hydrogen-bond acceptors (Lipinski definition) is 27. The number of ether oxygens (including phenoxy) is 7. The summed E-state index contributed by atoms with van der Waals surface area (Å²) < 4.78 is 43.1. The molecule has 0 spiro atoms. The largest absolute Gasteiger partial charge is 0.495 e. The van der Waals surface area contributed by atoms with E-state index >= 15 is 0 Å². The van der Waals surface area contributed by atoms with Crippen molar-refractivity contribution in [1.29, 1.82) is 0 Å². The molecule has 33 heteroatoms. The molecule has 4 aromatic carbocycles. The van der Waals surface area contributed by atoms with E-state index in [1.165, 1.54) is 25.8 Å². The summed E-state index contributed by atoms with van der Waals surface area (Å²) in [5.74, 6) is 8.67. The molecule has 0 bridgehead atoms. The molecule has 12 N–H and O–H groups in total. The van der Waals surface area contributed by atoms with Gasteiger partial charge in [0.05, 0.1) is 71.4 Å². The number of nitrogen functional groups attached to an aromatic ring is 4. The monoisotopic (exact) mass is 1310 g/mol. The van der Waals surface area contributed by atoms with Gasteiger partial charge in [0.15, 0.2) is 46.3 Å². The number of nitrogens with one attached hydrogen (secondary N) is 4. The first-order valence-electron chi connectivity index (χ1n) is 28.1. The molecule has 8 heterocycles. The molecule has 0 aliphatic rings. The molecule has 8 aromatic heterocycles. The van der Waals surface area contributed by atoms with Crippen LogP contribution in [0.1, 0.15) is 12.5 Å². The van der Waals surface area contributed by atoms with Crippen LogP contribution in [0.4, 0.5) is 70.3 Å². The highest BCUT2D eigenvalue weighted by Crippen LogP contribution is 2.39. The number of halogens is 2. The zero-order chi connectivity index (χ0) is 66.7. The van der Waals surface area contributed by atoms with E-state index in [1.54, 1.807) is 115 Å². The van der Waals surface area contributed by atoms with Gasteiger partial charge in [0, 0.05) is 53.7 Å². The van der Waals surface area contributed by atoms with Gasteiger partial charge in [-0.25, -0.2) is 19.9 Å². The molecule has 12 aromatic rings. The molecule has 31 nitrogen and oxygen atoms in total. The van der Waals surface area contributed by atoms with Gasteiger partial charge < -0.3 is 77.4 Å². The number of aromatic nitrogens is 16. The fourth-order valence-corrected chi connectivity index (χ4v) is 8.88. The summed E-state index contributed by atoms with van der Waals surface area (Å²) in [5.41, 5.74) is 27.3. The lowest BCUT2D eigenvalue weighted by molar-refractivity contribution is 0.311. The molecule has 0 amide bonds. The van der Waals surface area contributed by atoms with Crippen molar-refractivity contribution in [2.24, 2.45) is 0 Å². The van der Waals surface area contributed by atoms with E-state index in [1.807, 2.05) is 92.7 Å². The molecule has 0 fully saturated rings. The normalized spacial score (nSPS) is 10.4. The van der Waals surface area contributed by atoms with Gasteiger partial charge in [-0.1, -0.05) is 53.5 Å². The van der Waals surface area contributed by atoms with Crippen LogP contribution < -0.4 is 77.4 Å². The highest BCUT2D eigenvalue weighted by molar-refractivity contribution is 6.32. The zero-order valence-electron chi connectivity index (χ0n) is 51.8. The highest BCUT2D eigenvalue weighted by Gasteiger charge is 2.19. The van der Waals surface area contributed by atoms with Crippen LogP contribution in [-0.2, 0) is 0 Å². The Bertz CT molecular complexity index is 4430. The van der Waals surface area contributed by atoms with Gasteiger partial charge >= 0.3 is 0 Å². The fraction of sp³-hybridized carbons (Fsp3) is 0.148. The minimum Gasteiger partial charge on any atom is -0.495 e. The van der Waals surface area contributed by atoms with Crippen molar-refractivity contribution in [1.82, 2.24) is 79.0 Å². The van der Waals surface area contributed by atoms with Crippen LogP contribution in [0, 0.1) is 6.92 Å². The van der Waals surface area contributed by atoms with E-state index in [2.05, 4.69) is 81.5 Å². The number of para-hydroxylation sites is 1. The van der Waals surface area contributed by atoms with Crippen molar-refractivity contribution in [3.8, 4) is 63.5 Å². The number of methoxy groups -OCH3 is 6. The third kappa shape index (κ3) is 16.3. The summed E-state index contributed by atoms with van der Waals surface area (Å²) in [4.78, 5) is 33.6. The second-order valence-corrected chi connectivity index (χ2v) is 19.7. The van der Waals surface area contributed by atoms with E-state index in [9.17, 15) is 0 Å². The molecule has 484 valence electrons. The Morgan fingerprint density at radius 1 is 0.383 bits per heavy atom. The van der Waals surface area contributed by atoms with Gasteiger partial charge in [0.2, 0.25) is 47.6 Å². The Morgan fingerprint density at radius 2 is 0.798 bits per heavy atom. The van der Waals surface area contributed by atoms with E-state index in [0.717, 1.165) is 11.3 Å². The molecule has 94 heavy (non-hydrogen) atoms. The topological polar surface area (TPSA) is 391 Å².